The van der Waals surface area contributed by atoms with Gasteiger partial charge in [0.25, 0.3) is 0 Å². The predicted molar refractivity (Wildman–Crippen MR) is 331 cm³/mol. The van der Waals surface area contributed by atoms with Crippen LogP contribution in [0, 0.1) is 0 Å². The van der Waals surface area contributed by atoms with Gasteiger partial charge in [0, 0.05) is 19.3 Å². The molecule has 3 N–H and O–H groups in total. The molecule has 1 heterocycles. The molecule has 0 radical (unpaired) electrons. The molecule has 0 aromatic carbocycles. The Morgan fingerprint density at radius 1 is 0.407 bits per heavy atom. The number of carbonyl (C=O) groups is 4. The van der Waals surface area contributed by atoms with Crippen LogP contribution in [0.2, 0.25) is 0 Å². The third-order valence-electron chi connectivity index (χ3n) is 15.4. The predicted octanol–water partition coefficient (Wildman–Crippen LogP) is 18.1. The average Bonchev–Trinajstić information content (AvgIpc) is 3.53. The smallest absolute Gasteiger partial charge is 0.335 e. The third kappa shape index (κ3) is 46.7. The summed E-state index contributed by atoms with van der Waals surface area (Å²) in [7, 11) is 0. The molecule has 12 nitrogen and oxygen atoms in total. The molecule has 1 fully saturated rings. The van der Waals surface area contributed by atoms with Gasteiger partial charge in [0.2, 0.25) is 0 Å². The molecule has 81 heavy (non-hydrogen) atoms. The zero-order valence-electron chi connectivity index (χ0n) is 52.0. The molecule has 1 rings (SSSR count). The van der Waals surface area contributed by atoms with E-state index in [2.05, 4.69) is 69.4 Å². The highest BCUT2D eigenvalue weighted by molar-refractivity contribution is 5.74. The van der Waals surface area contributed by atoms with Crippen molar-refractivity contribution in [3.05, 3.63) is 48.6 Å². The molecule has 1 saturated heterocycles. The fourth-order valence-electron chi connectivity index (χ4n) is 10.2. The van der Waals surface area contributed by atoms with E-state index in [0.717, 1.165) is 103 Å². The summed E-state index contributed by atoms with van der Waals surface area (Å²) in [5.41, 5.74) is 0. The van der Waals surface area contributed by atoms with Gasteiger partial charge in [0.15, 0.2) is 24.6 Å². The molecule has 1 aliphatic rings. The summed E-state index contributed by atoms with van der Waals surface area (Å²) in [5.74, 6) is -3.11. The second-order valence-electron chi connectivity index (χ2n) is 23.1. The number of allylic oxidation sites excluding steroid dienone is 8. The molecular weight excluding hydrogens is 1020 g/mol. The molecule has 0 saturated carbocycles. The first kappa shape index (κ1) is 75.7. The Labute approximate surface area is 494 Å². The molecule has 12 heteroatoms. The van der Waals surface area contributed by atoms with Crippen LogP contribution in [-0.2, 0) is 42.9 Å². The van der Waals surface area contributed by atoms with Crippen molar-refractivity contribution in [1.82, 2.24) is 0 Å². The lowest BCUT2D eigenvalue weighted by molar-refractivity contribution is -0.301. The van der Waals surface area contributed by atoms with Crippen molar-refractivity contribution in [2.24, 2.45) is 0 Å². The second-order valence-corrected chi connectivity index (χ2v) is 23.1. The van der Waals surface area contributed by atoms with Gasteiger partial charge >= 0.3 is 23.9 Å². The number of carboxylic acid groups (broad SMARTS) is 1. The van der Waals surface area contributed by atoms with Gasteiger partial charge in [-0.15, -0.1) is 0 Å². The van der Waals surface area contributed by atoms with Gasteiger partial charge in [-0.1, -0.05) is 262 Å². The number of ether oxygens (including phenoxy) is 5. The van der Waals surface area contributed by atoms with E-state index in [1.807, 2.05) is 0 Å². The zero-order valence-corrected chi connectivity index (χ0v) is 52.0. The number of hydrogen-bond acceptors (Lipinski definition) is 11. The van der Waals surface area contributed by atoms with E-state index in [9.17, 15) is 34.5 Å². The molecule has 1 aliphatic heterocycles. The highest BCUT2D eigenvalue weighted by atomic mass is 16.7. The SMILES string of the molecule is CCCCC/C=C\C/C=C\CCCCCCCCCCCC(=O)OCC(COC1OC(C(=O)O)C(O)C(O)C1OC(=O)CCCCCCCCCCCCCCCCCCC)OC(=O)CCCCCCC/C=C\C/C=C\CCCCC. The average molecular weight is 1140 g/mol. The Balaban J connectivity index is 2.64. The number of aliphatic carboxylic acids is 1. The van der Waals surface area contributed by atoms with Crippen molar-refractivity contribution in [2.45, 2.75) is 353 Å². The molecule has 6 atom stereocenters. The fourth-order valence-corrected chi connectivity index (χ4v) is 10.2. The maximum atomic E-state index is 13.2. The Morgan fingerprint density at radius 3 is 1.14 bits per heavy atom. The van der Waals surface area contributed by atoms with Crippen molar-refractivity contribution in [1.29, 1.82) is 0 Å². The Kier molecular flexibility index (Phi) is 53.4. The third-order valence-corrected chi connectivity index (χ3v) is 15.4. The Bertz CT molecular complexity index is 1590. The first-order valence-electron chi connectivity index (χ1n) is 33.6. The van der Waals surface area contributed by atoms with Crippen molar-refractivity contribution in [2.75, 3.05) is 13.2 Å². The lowest BCUT2D eigenvalue weighted by Crippen LogP contribution is -2.61. The number of rotatable bonds is 58. The van der Waals surface area contributed by atoms with Gasteiger partial charge in [0.05, 0.1) is 6.61 Å². The first-order valence-corrected chi connectivity index (χ1v) is 33.6. The molecule has 0 amide bonds. The van der Waals surface area contributed by atoms with Crippen LogP contribution in [0.5, 0.6) is 0 Å². The summed E-state index contributed by atoms with van der Waals surface area (Å²) >= 11 is 0. The monoisotopic (exact) mass is 1140 g/mol. The lowest BCUT2D eigenvalue weighted by atomic mass is 9.98. The number of carboxylic acids is 1. The van der Waals surface area contributed by atoms with Gasteiger partial charge in [-0.2, -0.15) is 0 Å². The summed E-state index contributed by atoms with van der Waals surface area (Å²) in [6.45, 7) is 5.98. The van der Waals surface area contributed by atoms with E-state index in [4.69, 9.17) is 23.7 Å². The van der Waals surface area contributed by atoms with Crippen LogP contribution in [-0.4, -0.2) is 89.2 Å². The minimum atomic E-state index is -1.90. The molecule has 0 bridgehead atoms. The van der Waals surface area contributed by atoms with Gasteiger partial charge in [-0.25, -0.2) is 4.79 Å². The van der Waals surface area contributed by atoms with E-state index in [1.165, 1.54) is 154 Å². The molecule has 6 unspecified atom stereocenters. The van der Waals surface area contributed by atoms with Crippen molar-refractivity contribution in [3.63, 3.8) is 0 Å². The maximum Gasteiger partial charge on any atom is 0.335 e. The highest BCUT2D eigenvalue weighted by Crippen LogP contribution is 2.27. The minimum Gasteiger partial charge on any atom is -0.479 e. The summed E-state index contributed by atoms with van der Waals surface area (Å²) in [4.78, 5) is 51.4. The van der Waals surface area contributed by atoms with Crippen LogP contribution < -0.4 is 0 Å². The topological polar surface area (TPSA) is 175 Å². The Hall–Kier alpha value is -3.32. The zero-order chi connectivity index (χ0) is 58.9. The van der Waals surface area contributed by atoms with E-state index >= 15 is 0 Å². The standard InChI is InChI=1S/C69H122O12/c1-4-7-10-13-16-19-22-25-28-30-31-33-35-37-40-43-46-49-52-55-61(70)77-58-60(79-62(71)56-53-50-47-44-41-38-34-27-24-21-18-15-12-9-6-3)59-78-69-67(65(74)64(73)66(81-69)68(75)76)80-63(72)57-54-51-48-45-42-39-36-32-29-26-23-20-17-14-11-8-5-2/h16,18-19,21,25,27-28,34,60,64-67,69,73-74H,4-15,17,20,22-24,26,29-33,35-59H2,1-3H3,(H,75,76)/b19-16-,21-18-,28-25-,34-27-. The number of carbonyl (C=O) groups excluding carboxylic acids is 3. The molecule has 0 aromatic heterocycles. The van der Waals surface area contributed by atoms with E-state index in [0.29, 0.717) is 19.3 Å². The van der Waals surface area contributed by atoms with Crippen LogP contribution in [0.25, 0.3) is 0 Å². The van der Waals surface area contributed by atoms with Crippen LogP contribution >= 0.6 is 0 Å². The summed E-state index contributed by atoms with van der Waals surface area (Å²) in [6.07, 6.45) is 57.8. The number of aliphatic hydroxyl groups is 2. The molecule has 0 aromatic rings. The quantitative estimate of drug-likeness (QED) is 0.0228. The normalized spacial score (nSPS) is 18.0. The molecule has 0 spiro atoms. The summed E-state index contributed by atoms with van der Waals surface area (Å²) in [6, 6.07) is 0. The van der Waals surface area contributed by atoms with Crippen LogP contribution in [0.3, 0.4) is 0 Å². The number of aliphatic hydroxyl groups excluding tert-OH is 2. The molecular formula is C69H122O12. The van der Waals surface area contributed by atoms with Crippen LogP contribution in [0.1, 0.15) is 316 Å². The fraction of sp³-hybridized carbons (Fsp3) is 0.826. The van der Waals surface area contributed by atoms with Crippen molar-refractivity contribution >= 4 is 23.9 Å². The van der Waals surface area contributed by atoms with Gasteiger partial charge < -0.3 is 39.0 Å². The number of hydrogen-bond donors (Lipinski definition) is 3. The summed E-state index contributed by atoms with van der Waals surface area (Å²) < 4.78 is 28.6. The summed E-state index contributed by atoms with van der Waals surface area (Å²) in [5, 5.41) is 31.6. The molecule has 470 valence electrons. The van der Waals surface area contributed by atoms with Gasteiger partial charge in [-0.05, 0) is 83.5 Å². The first-order chi connectivity index (χ1) is 39.6. The largest absolute Gasteiger partial charge is 0.479 e. The van der Waals surface area contributed by atoms with Crippen molar-refractivity contribution < 1.29 is 58.2 Å². The maximum absolute atomic E-state index is 13.2. The number of esters is 3. The molecule has 0 aliphatic carbocycles. The van der Waals surface area contributed by atoms with E-state index in [1.54, 1.807) is 0 Å². The van der Waals surface area contributed by atoms with Gasteiger partial charge in [-0.3, -0.25) is 14.4 Å². The van der Waals surface area contributed by atoms with Crippen LogP contribution in [0.4, 0.5) is 0 Å². The minimum absolute atomic E-state index is 0.0631. The van der Waals surface area contributed by atoms with Gasteiger partial charge in [0.1, 0.15) is 18.8 Å². The van der Waals surface area contributed by atoms with E-state index < -0.39 is 67.3 Å². The van der Waals surface area contributed by atoms with Crippen LogP contribution in [0.15, 0.2) is 48.6 Å². The van der Waals surface area contributed by atoms with E-state index in [-0.39, 0.29) is 25.9 Å². The lowest BCUT2D eigenvalue weighted by Gasteiger charge is -2.40. The highest BCUT2D eigenvalue weighted by Gasteiger charge is 2.50. The number of unbranched alkanes of at least 4 members (excludes halogenated alkanes) is 36. The second kappa shape index (κ2) is 57.1. The van der Waals surface area contributed by atoms with Crippen molar-refractivity contribution in [3.8, 4) is 0 Å². The Morgan fingerprint density at radius 2 is 0.741 bits per heavy atom.